The van der Waals surface area contributed by atoms with Crippen molar-refractivity contribution in [1.82, 2.24) is 15.2 Å². The second-order valence-corrected chi connectivity index (χ2v) is 5.76. The fourth-order valence-corrected chi connectivity index (χ4v) is 2.91. The van der Waals surface area contributed by atoms with Gasteiger partial charge in [-0.3, -0.25) is 5.10 Å². The molecule has 1 unspecified atom stereocenters. The molecule has 0 saturated carbocycles. The average Bonchev–Trinajstić information content (AvgIpc) is 2.74. The Hall–Kier alpha value is -1.36. The number of hydrogen-bond donors (Lipinski definition) is 2. The van der Waals surface area contributed by atoms with E-state index in [1.807, 2.05) is 20.8 Å². The molecule has 92 valence electrons. The van der Waals surface area contributed by atoms with Crippen molar-refractivity contribution in [3.63, 3.8) is 0 Å². The van der Waals surface area contributed by atoms with Crippen molar-refractivity contribution in [1.29, 1.82) is 0 Å². The quantitative estimate of drug-likeness (QED) is 0.879. The molecule has 2 N–H and O–H groups in total. The highest BCUT2D eigenvalue weighted by Crippen LogP contribution is 2.27. The monoisotopic (exact) mass is 250 g/mol. The van der Waals surface area contributed by atoms with Gasteiger partial charge in [-0.1, -0.05) is 0 Å². The summed E-state index contributed by atoms with van der Waals surface area (Å²) in [5.74, 6) is 0. The maximum Gasteiger partial charge on any atom is 0.0901 e. The van der Waals surface area contributed by atoms with Gasteiger partial charge in [0.2, 0.25) is 0 Å². The molecule has 1 atom stereocenters. The normalized spacial score (nSPS) is 12.8. The van der Waals surface area contributed by atoms with Crippen molar-refractivity contribution in [3.05, 3.63) is 27.0 Å². The Morgan fingerprint density at radius 2 is 1.94 bits per heavy atom. The summed E-state index contributed by atoms with van der Waals surface area (Å²) >= 11 is 1.74. The minimum Gasteiger partial charge on any atom is -0.374 e. The zero-order valence-electron chi connectivity index (χ0n) is 10.9. The van der Waals surface area contributed by atoms with E-state index in [0.717, 1.165) is 27.8 Å². The summed E-state index contributed by atoms with van der Waals surface area (Å²) < 4.78 is 0. The van der Waals surface area contributed by atoms with Crippen LogP contribution in [0.3, 0.4) is 0 Å². The Morgan fingerprint density at radius 3 is 2.41 bits per heavy atom. The lowest BCUT2D eigenvalue weighted by Crippen LogP contribution is -2.09. The molecule has 0 amide bonds. The second kappa shape index (κ2) is 4.49. The summed E-state index contributed by atoms with van der Waals surface area (Å²) in [4.78, 5) is 5.85. The van der Waals surface area contributed by atoms with Crippen molar-refractivity contribution >= 4 is 17.0 Å². The van der Waals surface area contributed by atoms with E-state index in [1.165, 1.54) is 4.88 Å². The molecule has 17 heavy (non-hydrogen) atoms. The van der Waals surface area contributed by atoms with E-state index in [4.69, 9.17) is 0 Å². The van der Waals surface area contributed by atoms with Gasteiger partial charge in [0.05, 0.1) is 33.8 Å². The number of anilines is 1. The van der Waals surface area contributed by atoms with Gasteiger partial charge in [0, 0.05) is 4.88 Å². The molecule has 4 nitrogen and oxygen atoms in total. The minimum absolute atomic E-state index is 0.204. The lowest BCUT2D eigenvalue weighted by Gasteiger charge is -2.14. The van der Waals surface area contributed by atoms with Crippen LogP contribution in [0.5, 0.6) is 0 Å². The second-order valence-electron chi connectivity index (χ2n) is 4.35. The van der Waals surface area contributed by atoms with Gasteiger partial charge in [0.15, 0.2) is 0 Å². The van der Waals surface area contributed by atoms with Gasteiger partial charge in [-0.25, -0.2) is 4.98 Å². The van der Waals surface area contributed by atoms with Crippen molar-refractivity contribution in [2.45, 2.75) is 40.7 Å². The third-order valence-electron chi connectivity index (χ3n) is 2.84. The minimum atomic E-state index is 0.204. The zero-order chi connectivity index (χ0) is 12.6. The first-order valence-corrected chi connectivity index (χ1v) is 6.52. The molecule has 2 aromatic heterocycles. The smallest absolute Gasteiger partial charge is 0.0901 e. The van der Waals surface area contributed by atoms with Gasteiger partial charge in [-0.2, -0.15) is 5.10 Å². The first kappa shape index (κ1) is 12.1. The Balaban J connectivity index is 2.22. The molecule has 2 rings (SSSR count). The van der Waals surface area contributed by atoms with Gasteiger partial charge in [0.1, 0.15) is 0 Å². The number of aromatic nitrogens is 3. The lowest BCUT2D eigenvalue weighted by molar-refractivity contribution is 0.834. The molecule has 0 spiro atoms. The number of nitrogens with one attached hydrogen (secondary N) is 2. The molecule has 0 bridgehead atoms. The van der Waals surface area contributed by atoms with E-state index in [1.54, 1.807) is 11.3 Å². The number of thiazole rings is 1. The molecule has 0 aliphatic heterocycles. The van der Waals surface area contributed by atoms with Gasteiger partial charge in [-0.05, 0) is 34.6 Å². The van der Waals surface area contributed by atoms with Gasteiger partial charge in [-0.15, -0.1) is 11.3 Å². The van der Waals surface area contributed by atoms with Gasteiger partial charge >= 0.3 is 0 Å². The van der Waals surface area contributed by atoms with Crippen LogP contribution < -0.4 is 5.32 Å². The molecule has 0 aromatic carbocycles. The molecule has 0 aliphatic rings. The van der Waals surface area contributed by atoms with Crippen LogP contribution in [0.15, 0.2) is 0 Å². The summed E-state index contributed by atoms with van der Waals surface area (Å²) in [6, 6.07) is 0.204. The van der Waals surface area contributed by atoms with E-state index >= 15 is 0 Å². The topological polar surface area (TPSA) is 53.6 Å². The van der Waals surface area contributed by atoms with Crippen LogP contribution in [-0.2, 0) is 0 Å². The van der Waals surface area contributed by atoms with Crippen molar-refractivity contribution in [3.8, 4) is 0 Å². The summed E-state index contributed by atoms with van der Waals surface area (Å²) in [6.07, 6.45) is 0. The number of hydrogen-bond acceptors (Lipinski definition) is 4. The van der Waals surface area contributed by atoms with Crippen LogP contribution in [0.1, 0.15) is 39.9 Å². The number of aryl methyl sites for hydroxylation is 4. The van der Waals surface area contributed by atoms with Crippen LogP contribution in [0.4, 0.5) is 5.69 Å². The molecule has 0 aliphatic carbocycles. The summed E-state index contributed by atoms with van der Waals surface area (Å²) in [6.45, 7) is 10.3. The third-order valence-corrected chi connectivity index (χ3v) is 3.74. The van der Waals surface area contributed by atoms with E-state index in [-0.39, 0.29) is 6.04 Å². The van der Waals surface area contributed by atoms with Crippen LogP contribution in [0.25, 0.3) is 0 Å². The lowest BCUT2D eigenvalue weighted by atomic mass is 10.2. The molecule has 0 radical (unpaired) electrons. The zero-order valence-corrected chi connectivity index (χ0v) is 11.7. The molecular formula is C12H18N4S. The maximum absolute atomic E-state index is 4.58. The van der Waals surface area contributed by atoms with Crippen molar-refractivity contribution < 1.29 is 0 Å². The molecular weight excluding hydrogens is 232 g/mol. The van der Waals surface area contributed by atoms with E-state index < -0.39 is 0 Å². The molecule has 2 heterocycles. The van der Waals surface area contributed by atoms with Crippen LogP contribution in [0, 0.1) is 27.7 Å². The van der Waals surface area contributed by atoms with Gasteiger partial charge < -0.3 is 5.32 Å². The molecule has 5 heteroatoms. The predicted octanol–water partition coefficient (Wildman–Crippen LogP) is 3.27. The van der Waals surface area contributed by atoms with E-state index in [2.05, 4.69) is 34.3 Å². The Kier molecular flexibility index (Phi) is 3.19. The van der Waals surface area contributed by atoms with Gasteiger partial charge in [0.25, 0.3) is 0 Å². The fraction of sp³-hybridized carbons (Fsp3) is 0.500. The summed E-state index contributed by atoms with van der Waals surface area (Å²) in [7, 11) is 0. The predicted molar refractivity (Wildman–Crippen MR) is 71.7 cm³/mol. The molecule has 0 fully saturated rings. The average molecular weight is 250 g/mol. The summed E-state index contributed by atoms with van der Waals surface area (Å²) in [5, 5.41) is 11.8. The Labute approximate surface area is 105 Å². The van der Waals surface area contributed by atoms with Crippen LogP contribution in [-0.4, -0.2) is 15.2 Å². The standard InChI is InChI=1S/C12H18N4S/c1-6(12-9(4)17-10(5)14-12)13-11-7(2)15-16-8(11)3/h6,13H,1-5H3,(H,15,16). The van der Waals surface area contributed by atoms with Crippen LogP contribution in [0.2, 0.25) is 0 Å². The Morgan fingerprint density at radius 1 is 1.24 bits per heavy atom. The number of rotatable bonds is 3. The number of H-pyrrole nitrogens is 1. The highest BCUT2D eigenvalue weighted by Gasteiger charge is 2.15. The fourth-order valence-electron chi connectivity index (χ4n) is 2.00. The molecule has 0 saturated heterocycles. The molecule has 2 aromatic rings. The summed E-state index contributed by atoms with van der Waals surface area (Å²) in [5.41, 5.74) is 4.29. The Bertz CT molecular complexity index is 507. The first-order chi connectivity index (χ1) is 7.99. The van der Waals surface area contributed by atoms with Crippen LogP contribution >= 0.6 is 11.3 Å². The number of nitrogens with zero attached hydrogens (tertiary/aromatic N) is 2. The maximum atomic E-state index is 4.58. The van der Waals surface area contributed by atoms with E-state index in [0.29, 0.717) is 0 Å². The highest BCUT2D eigenvalue weighted by atomic mass is 32.1. The first-order valence-electron chi connectivity index (χ1n) is 5.71. The highest BCUT2D eigenvalue weighted by molar-refractivity contribution is 7.11. The van der Waals surface area contributed by atoms with Crippen molar-refractivity contribution in [2.24, 2.45) is 0 Å². The third kappa shape index (κ3) is 2.34. The largest absolute Gasteiger partial charge is 0.374 e. The van der Waals surface area contributed by atoms with E-state index in [9.17, 15) is 0 Å². The number of aromatic amines is 1. The SMILES string of the molecule is Cc1nc(C(C)Nc2c(C)n[nH]c2C)c(C)s1. The van der Waals surface area contributed by atoms with Crippen molar-refractivity contribution in [2.75, 3.05) is 5.32 Å².